The summed E-state index contributed by atoms with van der Waals surface area (Å²) in [4.78, 5) is 35.6. The number of phosphoric ester groups is 1. The van der Waals surface area contributed by atoms with Crippen LogP contribution in [0.4, 0.5) is 0 Å². The molecule has 0 saturated heterocycles. The first-order valence-electron chi connectivity index (χ1n) is 30.6. The summed E-state index contributed by atoms with van der Waals surface area (Å²) in [6.45, 7) is 4.42. The van der Waals surface area contributed by atoms with Gasteiger partial charge >= 0.3 is 19.8 Å². The van der Waals surface area contributed by atoms with Crippen LogP contribution >= 0.6 is 7.82 Å². The van der Waals surface area contributed by atoms with Gasteiger partial charge in [-0.3, -0.25) is 18.6 Å². The van der Waals surface area contributed by atoms with Crippen molar-refractivity contribution < 1.29 is 42.1 Å². The number of carbonyl (C=O) groups is 2. The fourth-order valence-electron chi connectivity index (χ4n) is 8.98. The van der Waals surface area contributed by atoms with Crippen molar-refractivity contribution in [2.75, 3.05) is 47.5 Å². The van der Waals surface area contributed by atoms with Crippen LogP contribution in [0.15, 0.2) is 24.3 Å². The molecule has 0 heterocycles. The van der Waals surface area contributed by atoms with Gasteiger partial charge in [0, 0.05) is 12.8 Å². The molecule has 0 spiro atoms. The average molecular weight is 1030 g/mol. The number of allylic oxidation sites excluding steroid dienone is 4. The molecule has 0 aromatic rings. The zero-order valence-corrected chi connectivity index (χ0v) is 48.6. The molecule has 0 fully saturated rings. The number of esters is 2. The first kappa shape index (κ1) is 69.5. The summed E-state index contributed by atoms with van der Waals surface area (Å²) in [7, 11) is 1.48. The second kappa shape index (κ2) is 53.3. The van der Waals surface area contributed by atoms with E-state index >= 15 is 0 Å². The third-order valence-electron chi connectivity index (χ3n) is 13.7. The zero-order valence-electron chi connectivity index (χ0n) is 47.7. The second-order valence-corrected chi connectivity index (χ2v) is 23.6. The number of carbonyl (C=O) groups excluding carboxylic acids is 2. The lowest BCUT2D eigenvalue weighted by Gasteiger charge is -2.24. The molecular weight excluding hydrogens is 906 g/mol. The van der Waals surface area contributed by atoms with Gasteiger partial charge in [0.2, 0.25) is 0 Å². The van der Waals surface area contributed by atoms with Gasteiger partial charge in [-0.1, -0.05) is 276 Å². The average Bonchev–Trinajstić information content (AvgIpc) is 3.33. The van der Waals surface area contributed by atoms with Gasteiger partial charge in [0.05, 0.1) is 27.7 Å². The molecule has 0 aliphatic carbocycles. The Kier molecular flexibility index (Phi) is 52.2. The molecule has 9 nitrogen and oxygen atoms in total. The Labute approximate surface area is 440 Å². The highest BCUT2D eigenvalue weighted by molar-refractivity contribution is 7.47. The number of unbranched alkanes of at least 4 members (excludes halogenated alkanes) is 39. The quantitative estimate of drug-likeness (QED) is 0.0211. The van der Waals surface area contributed by atoms with E-state index in [4.69, 9.17) is 18.5 Å². The topological polar surface area (TPSA) is 108 Å². The van der Waals surface area contributed by atoms with E-state index in [1.165, 1.54) is 205 Å². The first-order chi connectivity index (χ1) is 34.5. The number of hydrogen-bond donors (Lipinski definition) is 1. The molecular formula is C61H119NO8P+. The highest BCUT2D eigenvalue weighted by Gasteiger charge is 2.27. The fraction of sp³-hybridized carbons (Fsp3) is 0.902. The summed E-state index contributed by atoms with van der Waals surface area (Å²) in [6, 6.07) is 0. The summed E-state index contributed by atoms with van der Waals surface area (Å²) in [6.07, 6.45) is 64.3. The van der Waals surface area contributed by atoms with Gasteiger partial charge in [-0.2, -0.15) is 0 Å². The SMILES string of the molecule is CCCC/C=C\C/C=C\CCCCCCCC(=O)OC(COC(=O)CCCCCCCCCCCCCCCCCCCCCCCCCCCCCCCCCCC)COP(=O)(O)OCC[N+](C)(C)C. The van der Waals surface area contributed by atoms with Crippen molar-refractivity contribution in [3.8, 4) is 0 Å². The molecule has 0 rings (SSSR count). The predicted molar refractivity (Wildman–Crippen MR) is 303 cm³/mol. The Morgan fingerprint density at radius 1 is 0.437 bits per heavy atom. The van der Waals surface area contributed by atoms with Crippen LogP contribution < -0.4 is 0 Å². The van der Waals surface area contributed by atoms with Crippen LogP contribution in [0.25, 0.3) is 0 Å². The Hall–Kier alpha value is -1.51. The van der Waals surface area contributed by atoms with Crippen LogP contribution in [0.1, 0.15) is 303 Å². The van der Waals surface area contributed by atoms with Gasteiger partial charge in [-0.15, -0.1) is 0 Å². The van der Waals surface area contributed by atoms with Crippen LogP contribution in [0.3, 0.4) is 0 Å². The van der Waals surface area contributed by atoms with Crippen LogP contribution in [0.5, 0.6) is 0 Å². The number of ether oxygens (including phenoxy) is 2. The summed E-state index contributed by atoms with van der Waals surface area (Å²) >= 11 is 0. The lowest BCUT2D eigenvalue weighted by molar-refractivity contribution is -0.870. The Morgan fingerprint density at radius 2 is 0.775 bits per heavy atom. The third-order valence-corrected chi connectivity index (χ3v) is 14.7. The van der Waals surface area contributed by atoms with Gasteiger partial charge < -0.3 is 18.9 Å². The van der Waals surface area contributed by atoms with E-state index in [1.54, 1.807) is 0 Å². The van der Waals surface area contributed by atoms with E-state index < -0.39 is 26.5 Å². The maximum absolute atomic E-state index is 12.8. The van der Waals surface area contributed by atoms with Gasteiger partial charge in [-0.25, -0.2) is 4.57 Å². The van der Waals surface area contributed by atoms with E-state index in [9.17, 15) is 19.0 Å². The first-order valence-corrected chi connectivity index (χ1v) is 32.1. The maximum Gasteiger partial charge on any atom is 0.472 e. The third kappa shape index (κ3) is 57.6. The number of nitrogens with zero attached hydrogens (tertiary/aromatic N) is 1. The molecule has 0 aliphatic rings. The molecule has 0 radical (unpaired) electrons. The summed E-state index contributed by atoms with van der Waals surface area (Å²) in [5.41, 5.74) is 0. The Morgan fingerprint density at radius 3 is 1.15 bits per heavy atom. The maximum atomic E-state index is 12.8. The highest BCUT2D eigenvalue weighted by Crippen LogP contribution is 2.43. The van der Waals surface area contributed by atoms with Crippen LogP contribution in [-0.4, -0.2) is 74.9 Å². The molecule has 0 aromatic heterocycles. The summed E-state index contributed by atoms with van der Waals surface area (Å²) < 4.78 is 34.5. The number of likely N-dealkylation sites (N-methyl/N-ethyl adjacent to an activating group) is 1. The summed E-state index contributed by atoms with van der Waals surface area (Å²) in [5, 5.41) is 0. The Balaban J connectivity index is 3.93. The van der Waals surface area contributed by atoms with Gasteiger partial charge in [0.15, 0.2) is 6.10 Å². The standard InChI is InChI=1S/C61H118NO8P/c1-6-8-10-12-14-16-18-20-22-23-24-25-26-27-28-29-30-31-32-33-34-35-36-37-38-39-40-42-43-45-47-49-51-53-60(63)67-57-59(58-69-71(65,66)68-56-55-62(3,4)5)70-61(64)54-52-50-48-46-44-41-21-19-17-15-13-11-9-7-2/h13,15,19,21,59H,6-12,14,16-18,20,22-58H2,1-5H3/p+1/b15-13-,21-19-. The lowest BCUT2D eigenvalue weighted by Crippen LogP contribution is -2.37. The van der Waals surface area contributed by atoms with Crippen LogP contribution in [0, 0.1) is 0 Å². The van der Waals surface area contributed by atoms with Crippen molar-refractivity contribution in [1.82, 2.24) is 0 Å². The van der Waals surface area contributed by atoms with E-state index in [2.05, 4.69) is 38.2 Å². The van der Waals surface area contributed by atoms with Crippen molar-refractivity contribution >= 4 is 19.8 Å². The van der Waals surface area contributed by atoms with Gasteiger partial charge in [-0.05, 0) is 38.5 Å². The van der Waals surface area contributed by atoms with Crippen molar-refractivity contribution in [3.05, 3.63) is 24.3 Å². The van der Waals surface area contributed by atoms with Crippen molar-refractivity contribution in [3.63, 3.8) is 0 Å². The molecule has 1 N–H and O–H groups in total. The molecule has 420 valence electrons. The molecule has 0 bridgehead atoms. The zero-order chi connectivity index (χ0) is 52.0. The molecule has 0 amide bonds. The predicted octanol–water partition coefficient (Wildman–Crippen LogP) is 19.0. The minimum Gasteiger partial charge on any atom is -0.462 e. The molecule has 0 saturated carbocycles. The second-order valence-electron chi connectivity index (χ2n) is 22.1. The number of quaternary nitrogens is 1. The monoisotopic (exact) mass is 1020 g/mol. The molecule has 2 unspecified atom stereocenters. The highest BCUT2D eigenvalue weighted by atomic mass is 31.2. The molecule has 0 aromatic carbocycles. The smallest absolute Gasteiger partial charge is 0.462 e. The van der Waals surface area contributed by atoms with E-state index in [0.717, 1.165) is 64.2 Å². The molecule has 71 heavy (non-hydrogen) atoms. The van der Waals surface area contributed by atoms with Crippen LogP contribution in [-0.2, 0) is 32.7 Å². The minimum absolute atomic E-state index is 0.0310. The van der Waals surface area contributed by atoms with E-state index in [-0.39, 0.29) is 25.6 Å². The normalized spacial score (nSPS) is 13.4. The van der Waals surface area contributed by atoms with Gasteiger partial charge in [0.25, 0.3) is 0 Å². The largest absolute Gasteiger partial charge is 0.472 e. The van der Waals surface area contributed by atoms with E-state index in [0.29, 0.717) is 23.9 Å². The number of hydrogen-bond acceptors (Lipinski definition) is 7. The van der Waals surface area contributed by atoms with Gasteiger partial charge in [0.1, 0.15) is 19.8 Å². The van der Waals surface area contributed by atoms with Crippen molar-refractivity contribution in [2.45, 2.75) is 309 Å². The minimum atomic E-state index is -4.38. The Bertz CT molecular complexity index is 1250. The van der Waals surface area contributed by atoms with E-state index in [1.807, 2.05) is 21.1 Å². The lowest BCUT2D eigenvalue weighted by atomic mass is 10.0. The fourth-order valence-corrected chi connectivity index (χ4v) is 9.72. The number of phosphoric acid groups is 1. The van der Waals surface area contributed by atoms with Crippen molar-refractivity contribution in [1.29, 1.82) is 0 Å². The van der Waals surface area contributed by atoms with Crippen LogP contribution in [0.2, 0.25) is 0 Å². The summed E-state index contributed by atoms with van der Waals surface area (Å²) in [5.74, 6) is -0.800. The van der Waals surface area contributed by atoms with Crippen molar-refractivity contribution in [2.24, 2.45) is 0 Å². The number of rotatable bonds is 57. The molecule has 2 atom stereocenters. The molecule has 10 heteroatoms. The molecule has 0 aliphatic heterocycles.